The molecule has 4 nitrogen and oxygen atoms in total. The van der Waals surface area contributed by atoms with Crippen LogP contribution in [0.15, 0.2) is 30.3 Å². The average molecular weight is 340 g/mol. The summed E-state index contributed by atoms with van der Waals surface area (Å²) in [5, 5.41) is 1.24. The van der Waals surface area contributed by atoms with E-state index in [1.54, 1.807) is 0 Å². The van der Waals surface area contributed by atoms with Crippen LogP contribution in [0.25, 0.3) is 10.9 Å². The monoisotopic (exact) mass is 340 g/mol. The highest BCUT2D eigenvalue weighted by molar-refractivity contribution is 5.83. The highest BCUT2D eigenvalue weighted by Gasteiger charge is 2.31. The maximum Gasteiger partial charge on any atom is 0.410 e. The van der Waals surface area contributed by atoms with Crippen LogP contribution in [-0.2, 0) is 4.74 Å². The molecule has 25 heavy (non-hydrogen) atoms. The summed E-state index contributed by atoms with van der Waals surface area (Å²) in [6.07, 6.45) is 1.76. The van der Waals surface area contributed by atoms with E-state index in [0.29, 0.717) is 18.4 Å². The minimum atomic E-state index is -0.171. The molecule has 1 aliphatic rings. The lowest BCUT2D eigenvalue weighted by Gasteiger charge is -2.37. The van der Waals surface area contributed by atoms with Gasteiger partial charge in [-0.1, -0.05) is 32.0 Å². The Morgan fingerprint density at radius 3 is 2.84 bits per heavy atom. The largest absolute Gasteiger partial charge is 0.449 e. The summed E-state index contributed by atoms with van der Waals surface area (Å²) in [6.45, 7) is 9.49. The third kappa shape index (κ3) is 3.94. The molecule has 2 aromatic rings. The molecule has 1 aromatic carbocycles. The van der Waals surface area contributed by atoms with E-state index < -0.39 is 0 Å². The summed E-state index contributed by atoms with van der Waals surface area (Å²) in [5.74, 6) is 0.820. The Labute approximate surface area is 150 Å². The third-order valence-electron chi connectivity index (χ3n) is 5.00. The van der Waals surface area contributed by atoms with Gasteiger partial charge < -0.3 is 9.64 Å². The second-order valence-electron chi connectivity index (χ2n) is 7.60. The molecule has 1 aliphatic heterocycles. The molecule has 0 bridgehead atoms. The van der Waals surface area contributed by atoms with Crippen LogP contribution in [0.3, 0.4) is 0 Å². The predicted octanol–water partition coefficient (Wildman–Crippen LogP) is 4.90. The zero-order valence-electron chi connectivity index (χ0n) is 15.7. The van der Waals surface area contributed by atoms with Gasteiger partial charge in [0.05, 0.1) is 12.1 Å². The second kappa shape index (κ2) is 7.42. The molecule has 0 aliphatic carbocycles. The van der Waals surface area contributed by atoms with Crippen molar-refractivity contribution in [2.75, 3.05) is 13.2 Å². The molecule has 0 saturated carbocycles. The number of aryl methyl sites for hydroxylation is 1. The van der Waals surface area contributed by atoms with E-state index in [1.165, 1.54) is 10.9 Å². The highest BCUT2D eigenvalue weighted by Crippen LogP contribution is 2.35. The molecule has 2 atom stereocenters. The van der Waals surface area contributed by atoms with Crippen molar-refractivity contribution < 1.29 is 9.53 Å². The molecular formula is C21H28N2O2. The van der Waals surface area contributed by atoms with Gasteiger partial charge in [0.25, 0.3) is 0 Å². The Balaban J connectivity index is 1.74. The Hall–Kier alpha value is -2.10. The molecule has 134 valence electrons. The Morgan fingerprint density at radius 2 is 2.12 bits per heavy atom. The minimum absolute atomic E-state index is 0.171. The summed E-state index contributed by atoms with van der Waals surface area (Å²) in [4.78, 5) is 18.8. The van der Waals surface area contributed by atoms with E-state index in [2.05, 4.69) is 56.1 Å². The third-order valence-corrected chi connectivity index (χ3v) is 5.00. The van der Waals surface area contributed by atoms with Gasteiger partial charge in [-0.25, -0.2) is 4.79 Å². The van der Waals surface area contributed by atoms with E-state index in [-0.39, 0.29) is 12.1 Å². The number of fused-ring (bicyclic) bond motifs is 1. The second-order valence-corrected chi connectivity index (χ2v) is 7.60. The van der Waals surface area contributed by atoms with Crippen molar-refractivity contribution >= 4 is 17.0 Å². The van der Waals surface area contributed by atoms with E-state index in [1.807, 2.05) is 11.8 Å². The fourth-order valence-corrected chi connectivity index (χ4v) is 3.68. The first-order chi connectivity index (χ1) is 12.0. The summed E-state index contributed by atoms with van der Waals surface area (Å²) in [5.41, 5.74) is 3.46. The topological polar surface area (TPSA) is 42.4 Å². The molecular weight excluding hydrogens is 312 g/mol. The van der Waals surface area contributed by atoms with E-state index in [9.17, 15) is 4.79 Å². The van der Waals surface area contributed by atoms with Gasteiger partial charge in [-0.15, -0.1) is 0 Å². The molecule has 1 saturated heterocycles. The zero-order chi connectivity index (χ0) is 18.0. The predicted molar refractivity (Wildman–Crippen MR) is 101 cm³/mol. The normalized spacial score (nSPS) is 20.9. The SMILES string of the molecule is Cc1ccc2c(C3CCN(C(=O)OCC(C)C)C(C)C3)cccc2n1. The van der Waals surface area contributed by atoms with Gasteiger partial charge in [0.1, 0.15) is 0 Å². The smallest absolute Gasteiger partial charge is 0.410 e. The number of hydrogen-bond acceptors (Lipinski definition) is 3. The van der Waals surface area contributed by atoms with Gasteiger partial charge in [-0.05, 0) is 56.2 Å². The maximum absolute atomic E-state index is 12.3. The molecule has 1 aromatic heterocycles. The van der Waals surface area contributed by atoms with Gasteiger partial charge in [0.2, 0.25) is 0 Å². The van der Waals surface area contributed by atoms with Crippen molar-refractivity contribution in [3.8, 4) is 0 Å². The van der Waals surface area contributed by atoms with E-state index >= 15 is 0 Å². The minimum Gasteiger partial charge on any atom is -0.449 e. The Morgan fingerprint density at radius 1 is 1.32 bits per heavy atom. The van der Waals surface area contributed by atoms with Crippen LogP contribution < -0.4 is 0 Å². The number of likely N-dealkylation sites (tertiary alicyclic amines) is 1. The van der Waals surface area contributed by atoms with Crippen LogP contribution in [0.2, 0.25) is 0 Å². The molecule has 0 radical (unpaired) electrons. The van der Waals surface area contributed by atoms with E-state index in [4.69, 9.17) is 4.74 Å². The molecule has 1 amide bonds. The van der Waals surface area contributed by atoms with Crippen LogP contribution in [-0.4, -0.2) is 35.2 Å². The van der Waals surface area contributed by atoms with Gasteiger partial charge in [-0.3, -0.25) is 4.98 Å². The summed E-state index contributed by atoms with van der Waals surface area (Å²) < 4.78 is 5.41. The quantitative estimate of drug-likeness (QED) is 0.798. The van der Waals surface area contributed by atoms with Crippen LogP contribution in [0.1, 0.15) is 50.8 Å². The Bertz CT molecular complexity index is 757. The maximum atomic E-state index is 12.3. The van der Waals surface area contributed by atoms with Crippen molar-refractivity contribution in [2.45, 2.75) is 52.5 Å². The number of pyridine rings is 1. The Kier molecular flexibility index (Phi) is 5.26. The van der Waals surface area contributed by atoms with Crippen molar-refractivity contribution in [3.05, 3.63) is 41.6 Å². The highest BCUT2D eigenvalue weighted by atomic mass is 16.6. The number of piperidine rings is 1. The fourth-order valence-electron chi connectivity index (χ4n) is 3.68. The van der Waals surface area contributed by atoms with Crippen LogP contribution in [0, 0.1) is 12.8 Å². The average Bonchev–Trinajstić information content (AvgIpc) is 2.58. The number of benzene rings is 1. The number of ether oxygens (including phenoxy) is 1. The number of rotatable bonds is 3. The lowest BCUT2D eigenvalue weighted by molar-refractivity contribution is 0.0660. The van der Waals surface area contributed by atoms with Crippen molar-refractivity contribution in [2.24, 2.45) is 5.92 Å². The first kappa shape index (κ1) is 17.7. The summed E-state index contributed by atoms with van der Waals surface area (Å²) >= 11 is 0. The fraction of sp³-hybridized carbons (Fsp3) is 0.524. The molecule has 0 spiro atoms. The number of carbonyl (C=O) groups is 1. The molecule has 0 N–H and O–H groups in total. The van der Waals surface area contributed by atoms with Crippen molar-refractivity contribution in [3.63, 3.8) is 0 Å². The van der Waals surface area contributed by atoms with Gasteiger partial charge in [0.15, 0.2) is 0 Å². The molecule has 3 rings (SSSR count). The van der Waals surface area contributed by atoms with Gasteiger partial charge in [0, 0.05) is 23.7 Å². The molecule has 4 heteroatoms. The molecule has 2 heterocycles. The molecule has 2 unspecified atom stereocenters. The van der Waals surface area contributed by atoms with Crippen LogP contribution in [0.4, 0.5) is 4.79 Å². The van der Waals surface area contributed by atoms with E-state index in [0.717, 1.165) is 30.6 Å². The zero-order valence-corrected chi connectivity index (χ0v) is 15.7. The van der Waals surface area contributed by atoms with Crippen LogP contribution in [0.5, 0.6) is 0 Å². The van der Waals surface area contributed by atoms with Gasteiger partial charge in [-0.2, -0.15) is 0 Å². The number of carbonyl (C=O) groups excluding carboxylic acids is 1. The number of amides is 1. The summed E-state index contributed by atoms with van der Waals surface area (Å²) in [6, 6.07) is 10.8. The lowest BCUT2D eigenvalue weighted by atomic mass is 9.84. The summed E-state index contributed by atoms with van der Waals surface area (Å²) in [7, 11) is 0. The van der Waals surface area contributed by atoms with Crippen molar-refractivity contribution in [1.82, 2.24) is 9.88 Å². The first-order valence-electron chi connectivity index (χ1n) is 9.25. The number of hydrogen-bond donors (Lipinski definition) is 0. The number of nitrogens with zero attached hydrogens (tertiary/aromatic N) is 2. The first-order valence-corrected chi connectivity index (χ1v) is 9.25. The van der Waals surface area contributed by atoms with Gasteiger partial charge >= 0.3 is 6.09 Å². The molecule has 1 fully saturated rings. The van der Waals surface area contributed by atoms with Crippen LogP contribution >= 0.6 is 0 Å². The standard InChI is InChI=1S/C21H28N2O2/c1-14(2)13-25-21(24)23-11-10-17(12-16(23)4)18-6-5-7-20-19(18)9-8-15(3)22-20/h5-9,14,16-17H,10-13H2,1-4H3. The van der Waals surface area contributed by atoms with Crippen molar-refractivity contribution in [1.29, 1.82) is 0 Å². The lowest BCUT2D eigenvalue weighted by Crippen LogP contribution is -2.44. The number of aromatic nitrogens is 1.